The fourth-order valence-electron chi connectivity index (χ4n) is 7.50. The van der Waals surface area contributed by atoms with E-state index in [0.717, 1.165) is 35.1 Å². The summed E-state index contributed by atoms with van der Waals surface area (Å²) < 4.78 is 5.34. The number of aromatic nitrogens is 1. The van der Waals surface area contributed by atoms with Crippen molar-refractivity contribution >= 4 is 92.7 Å². The number of oxime groups is 1. The summed E-state index contributed by atoms with van der Waals surface area (Å²) >= 11 is 14.7. The van der Waals surface area contributed by atoms with E-state index in [1.54, 1.807) is 0 Å². The summed E-state index contributed by atoms with van der Waals surface area (Å²) in [5.41, 5.74) is 3.27. The zero-order valence-electron chi connectivity index (χ0n) is 35.0. The molecular weight excluding hydrogens is 936 g/mol. The molecule has 8 N–H and O–H groups in total. The molecule has 6 rings (SSSR count). The first-order valence-electron chi connectivity index (χ1n) is 19.8. The lowest BCUT2D eigenvalue weighted by Crippen LogP contribution is -2.72. The summed E-state index contributed by atoms with van der Waals surface area (Å²) in [5, 5.41) is 61.9. The Kier molecular flexibility index (Phi) is 14.6. The van der Waals surface area contributed by atoms with Crippen LogP contribution in [-0.2, 0) is 24.0 Å². The molecule has 1 aromatic heterocycles. The maximum Gasteiger partial charge on any atom is 0.350 e. The number of aliphatic carboxylic acids is 2. The minimum Gasteiger partial charge on any atom is -0.543 e. The van der Waals surface area contributed by atoms with Crippen LogP contribution in [0.1, 0.15) is 53.1 Å². The van der Waals surface area contributed by atoms with Gasteiger partial charge in [-0.15, -0.1) is 23.1 Å². The molecule has 0 radical (unpaired) electrons. The number of carboxylic acids is 2. The first-order valence-corrected chi connectivity index (χ1v) is 22.5. The highest BCUT2D eigenvalue weighted by Crippen LogP contribution is 2.42. The van der Waals surface area contributed by atoms with E-state index in [1.165, 1.54) is 61.2 Å². The number of anilines is 1. The number of nitrogen functional groups attached to an aromatic ring is 1. The van der Waals surface area contributed by atoms with E-state index in [4.69, 9.17) is 38.5 Å². The van der Waals surface area contributed by atoms with Gasteiger partial charge in [0, 0.05) is 42.6 Å². The van der Waals surface area contributed by atoms with Gasteiger partial charge in [-0.3, -0.25) is 24.1 Å². The normalized spacial score (nSPS) is 18.1. The number of quaternary nitrogens is 1. The zero-order valence-corrected chi connectivity index (χ0v) is 38.1. The SMILES string of the molecule is COc1ccc(C(=O)NCCN(CC[N+]2(CC3=C(C(=O)[O-])N4C(=O)[C@@H](NC(=O)/C(=N\OC(C)(C)C(=O)O)c5csc(N)n5)[C@H]4SC3)CCCC2)C(=O)c2ccc(O)c(O)c2Cl)c(Cl)c1O. The molecule has 3 aliphatic heterocycles. The van der Waals surface area contributed by atoms with E-state index in [1.807, 2.05) is 0 Å². The number of amides is 4. The molecule has 0 unspecified atom stereocenters. The molecule has 21 nitrogen and oxygen atoms in total. The van der Waals surface area contributed by atoms with Crippen LogP contribution in [0.25, 0.3) is 0 Å². The van der Waals surface area contributed by atoms with Crippen molar-refractivity contribution in [1.29, 1.82) is 0 Å². The van der Waals surface area contributed by atoms with Gasteiger partial charge in [0.15, 0.2) is 33.8 Å². The largest absolute Gasteiger partial charge is 0.543 e. The number of rotatable bonds is 18. The third-order valence-corrected chi connectivity index (χ3v) is 13.9. The number of benzene rings is 2. The van der Waals surface area contributed by atoms with E-state index in [2.05, 4.69) is 20.8 Å². The molecule has 3 aromatic rings. The molecule has 2 saturated heterocycles. The van der Waals surface area contributed by atoms with Crippen LogP contribution in [-0.4, -0.2) is 157 Å². The lowest BCUT2D eigenvalue weighted by atomic mass is 10.0. The smallest absolute Gasteiger partial charge is 0.350 e. The summed E-state index contributed by atoms with van der Waals surface area (Å²) in [6, 6.07) is 3.86. The summed E-state index contributed by atoms with van der Waals surface area (Å²) in [4.78, 5) is 90.6. The fraction of sp³-hybridized carbons (Fsp3) is 0.400. The van der Waals surface area contributed by atoms with Crippen molar-refractivity contribution in [3.8, 4) is 23.0 Å². The Balaban J connectivity index is 1.20. The average molecular weight is 980 g/mol. The second-order valence-electron chi connectivity index (χ2n) is 15.7. The van der Waals surface area contributed by atoms with Gasteiger partial charge in [-0.1, -0.05) is 28.4 Å². The van der Waals surface area contributed by atoms with Crippen molar-refractivity contribution in [1.82, 2.24) is 25.4 Å². The van der Waals surface area contributed by atoms with Crippen molar-refractivity contribution < 1.29 is 68.4 Å². The molecule has 65 heavy (non-hydrogen) atoms. The molecule has 0 spiro atoms. The third kappa shape index (κ3) is 10.1. The van der Waals surface area contributed by atoms with Gasteiger partial charge in [0.05, 0.1) is 66.1 Å². The van der Waals surface area contributed by atoms with Gasteiger partial charge in [0.2, 0.25) is 5.60 Å². The third-order valence-electron chi connectivity index (χ3n) is 11.1. The van der Waals surface area contributed by atoms with Crippen LogP contribution in [0.15, 0.2) is 46.1 Å². The monoisotopic (exact) mass is 978 g/mol. The topological polar surface area (TPSA) is 307 Å². The highest BCUT2D eigenvalue weighted by molar-refractivity contribution is 8.00. The van der Waals surface area contributed by atoms with Gasteiger partial charge in [-0.25, -0.2) is 9.78 Å². The molecule has 25 heteroatoms. The van der Waals surface area contributed by atoms with E-state index in [9.17, 15) is 54.3 Å². The Morgan fingerprint density at radius 3 is 2.37 bits per heavy atom. The second kappa shape index (κ2) is 19.6. The number of hydrogen-bond acceptors (Lipinski definition) is 17. The number of nitrogens with one attached hydrogen (secondary N) is 2. The van der Waals surface area contributed by atoms with Crippen LogP contribution in [0.2, 0.25) is 10.0 Å². The molecule has 348 valence electrons. The minimum atomic E-state index is -1.84. The Morgan fingerprint density at radius 2 is 1.74 bits per heavy atom. The number of nitrogens with two attached hydrogens (primary N) is 1. The van der Waals surface area contributed by atoms with E-state index in [0.29, 0.717) is 23.1 Å². The quantitative estimate of drug-likeness (QED) is 0.0311. The number of phenols is 3. The number of carbonyl (C=O) groups excluding carboxylic acids is 5. The molecule has 2 aromatic carbocycles. The van der Waals surface area contributed by atoms with Crippen molar-refractivity contribution in [3.05, 3.63) is 67.8 Å². The summed E-state index contributed by atoms with van der Waals surface area (Å²) in [5.74, 6) is -7.48. The van der Waals surface area contributed by atoms with E-state index >= 15 is 0 Å². The van der Waals surface area contributed by atoms with Crippen molar-refractivity contribution in [2.45, 2.75) is 43.7 Å². The number of thioether (sulfide) groups is 1. The van der Waals surface area contributed by atoms with Crippen LogP contribution in [0.4, 0.5) is 5.13 Å². The molecule has 0 saturated carbocycles. The first kappa shape index (κ1) is 48.4. The Hall–Kier alpha value is -6.01. The molecule has 2 fully saturated rings. The number of β-lactam (4-membered cyclic amide) rings is 1. The minimum absolute atomic E-state index is 0.0408. The summed E-state index contributed by atoms with van der Waals surface area (Å²) in [7, 11) is 1.32. The molecule has 2 atom stereocenters. The number of halogens is 2. The van der Waals surface area contributed by atoms with Gasteiger partial charge >= 0.3 is 5.97 Å². The highest BCUT2D eigenvalue weighted by atomic mass is 35.5. The molecule has 4 amide bonds. The number of thiazole rings is 1. The molecular formula is C40H44Cl2N8O13S2. The van der Waals surface area contributed by atoms with Crippen LogP contribution in [0, 0.1) is 0 Å². The van der Waals surface area contributed by atoms with Crippen molar-refractivity contribution in [3.63, 3.8) is 0 Å². The Labute approximate surface area is 388 Å². The predicted octanol–water partition coefficient (Wildman–Crippen LogP) is 1.33. The van der Waals surface area contributed by atoms with Crippen LogP contribution in [0.3, 0.4) is 0 Å². The number of phenolic OH excluding ortho intramolecular Hbond substituents is 3. The van der Waals surface area contributed by atoms with E-state index in [-0.39, 0.29) is 76.9 Å². The number of methoxy groups -OCH3 is 1. The maximum atomic E-state index is 14.1. The predicted molar refractivity (Wildman–Crippen MR) is 235 cm³/mol. The van der Waals surface area contributed by atoms with Crippen molar-refractivity contribution in [2.75, 3.05) is 64.4 Å². The van der Waals surface area contributed by atoms with Crippen LogP contribution >= 0.6 is 46.3 Å². The standard InChI is InChI=1S/C40H44Cl2N8O13S2/c1-40(2,38(60)61)63-47-27(22-18-65-39(43)45-22)33(55)46-28-35(57)49-29(37(58)59)19(17-64-36(28)49)16-50(13-4-5-14-50)15-12-48(34(56)21-6-8-23(51)30(52)26(21)42)11-10-44-32(54)20-7-9-24(62-3)31(53)25(20)41/h6-9,18,28,36H,4-5,10-17H2,1-3H3,(H8-,43,44,45,46,47,51,52,53,54,55,56,58,59,60,61)/t28-,36-/m1/s1. The number of carboxylic acid groups (broad SMARTS) is 2. The zero-order chi connectivity index (χ0) is 47.5. The Morgan fingerprint density at radius 1 is 1.06 bits per heavy atom. The molecule has 0 aliphatic carbocycles. The Bertz CT molecular complexity index is 2490. The number of hydrogen-bond donors (Lipinski definition) is 7. The lowest BCUT2D eigenvalue weighted by Gasteiger charge is -2.51. The number of aromatic hydroxyl groups is 3. The first-order chi connectivity index (χ1) is 30.7. The van der Waals surface area contributed by atoms with Gasteiger partial charge in [0.1, 0.15) is 23.7 Å². The lowest BCUT2D eigenvalue weighted by molar-refractivity contribution is -0.911. The highest BCUT2D eigenvalue weighted by Gasteiger charge is 2.54. The number of nitrogens with zero attached hydrogens (tertiary/aromatic N) is 5. The molecule has 4 heterocycles. The number of likely N-dealkylation sites (tertiary alicyclic amines) is 1. The fourth-order valence-corrected chi connectivity index (χ4v) is 9.86. The number of fused-ring (bicyclic) bond motifs is 1. The van der Waals surface area contributed by atoms with Gasteiger partial charge in [0.25, 0.3) is 23.6 Å². The van der Waals surface area contributed by atoms with Gasteiger partial charge in [-0.2, -0.15) is 0 Å². The number of carbonyl (C=O) groups is 6. The number of ether oxygens (including phenoxy) is 1. The summed E-state index contributed by atoms with van der Waals surface area (Å²) in [6.07, 6.45) is 1.53. The second-order valence-corrected chi connectivity index (χ2v) is 18.5. The molecule has 3 aliphatic rings. The van der Waals surface area contributed by atoms with Crippen LogP contribution < -0.4 is 26.2 Å². The molecule has 0 bridgehead atoms. The summed E-state index contributed by atoms with van der Waals surface area (Å²) in [6.45, 7) is 3.85. The van der Waals surface area contributed by atoms with Gasteiger partial charge < -0.3 is 65.7 Å². The maximum absolute atomic E-state index is 14.1. The van der Waals surface area contributed by atoms with E-state index < -0.39 is 80.6 Å². The average Bonchev–Trinajstić information content (AvgIpc) is 3.92. The van der Waals surface area contributed by atoms with Gasteiger partial charge in [-0.05, 0) is 38.1 Å². The van der Waals surface area contributed by atoms with Crippen LogP contribution in [0.5, 0.6) is 23.0 Å². The van der Waals surface area contributed by atoms with Crippen molar-refractivity contribution in [2.24, 2.45) is 5.16 Å².